The van der Waals surface area contributed by atoms with Crippen molar-refractivity contribution in [3.05, 3.63) is 85.1 Å². The van der Waals surface area contributed by atoms with Gasteiger partial charge in [0.1, 0.15) is 19.8 Å². The van der Waals surface area contributed by atoms with Gasteiger partial charge < -0.3 is 27.9 Å². The van der Waals surface area contributed by atoms with E-state index in [2.05, 4.69) is 98.9 Å². The summed E-state index contributed by atoms with van der Waals surface area (Å²) in [5.41, 5.74) is 0. The second-order valence-corrected chi connectivity index (χ2v) is 29.1. The largest absolute Gasteiger partial charge is 0.756 e. The van der Waals surface area contributed by atoms with Crippen LogP contribution >= 0.6 is 7.82 Å². The van der Waals surface area contributed by atoms with Crippen molar-refractivity contribution in [1.82, 2.24) is 0 Å². The lowest BCUT2D eigenvalue weighted by Crippen LogP contribution is -2.37. The highest BCUT2D eigenvalue weighted by Gasteiger charge is 2.22. The van der Waals surface area contributed by atoms with Crippen LogP contribution in [0.15, 0.2) is 85.1 Å². The van der Waals surface area contributed by atoms with Crippen molar-refractivity contribution in [3.63, 3.8) is 0 Å². The summed E-state index contributed by atoms with van der Waals surface area (Å²) in [6, 6.07) is 0. The third-order valence-corrected chi connectivity index (χ3v) is 18.4. The summed E-state index contributed by atoms with van der Waals surface area (Å²) in [7, 11) is 1.18. The molecule has 536 valence electrons. The molecule has 0 aromatic rings. The summed E-state index contributed by atoms with van der Waals surface area (Å²) in [6.07, 6.45) is 99.8. The molecule has 0 saturated heterocycles. The Balaban J connectivity index is 3.94. The molecule has 0 spiro atoms. The van der Waals surface area contributed by atoms with Gasteiger partial charge in [-0.1, -0.05) is 356 Å². The Hall–Kier alpha value is -2.81. The molecule has 0 saturated carbocycles. The Kier molecular flexibility index (Phi) is 70.2. The fourth-order valence-corrected chi connectivity index (χ4v) is 12.2. The van der Waals surface area contributed by atoms with E-state index in [9.17, 15) is 19.0 Å². The van der Waals surface area contributed by atoms with Crippen LogP contribution in [0.5, 0.6) is 0 Å². The van der Waals surface area contributed by atoms with E-state index in [1.807, 2.05) is 21.1 Å². The molecule has 10 heteroatoms. The molecule has 0 aliphatic carbocycles. The third-order valence-electron chi connectivity index (χ3n) is 17.4. The maximum Gasteiger partial charge on any atom is 0.306 e. The molecule has 0 aliphatic rings. The summed E-state index contributed by atoms with van der Waals surface area (Å²) < 4.78 is 34.4. The van der Waals surface area contributed by atoms with E-state index in [0.717, 1.165) is 77.0 Å². The van der Waals surface area contributed by atoms with Gasteiger partial charge in [0.25, 0.3) is 7.82 Å². The number of unbranched alkanes of at least 4 members (excludes halogenated alkanes) is 45. The minimum Gasteiger partial charge on any atom is -0.756 e. The van der Waals surface area contributed by atoms with Crippen molar-refractivity contribution >= 4 is 19.8 Å². The molecule has 0 radical (unpaired) electrons. The number of hydrogen-bond acceptors (Lipinski definition) is 8. The zero-order chi connectivity index (χ0) is 66.9. The molecule has 0 rings (SSSR count). The fraction of sp³-hybridized carbons (Fsp3) is 0.805. The van der Waals surface area contributed by atoms with Gasteiger partial charge in [-0.3, -0.25) is 14.2 Å². The number of carbonyl (C=O) groups excluding carboxylic acids is 2. The average molecular weight is 1310 g/mol. The monoisotopic (exact) mass is 1310 g/mol. The zero-order valence-corrected chi connectivity index (χ0v) is 62.1. The maximum atomic E-state index is 12.9. The van der Waals surface area contributed by atoms with Crippen molar-refractivity contribution < 1.29 is 42.1 Å². The Morgan fingerprint density at radius 1 is 0.348 bits per heavy atom. The fourth-order valence-electron chi connectivity index (χ4n) is 11.4. The van der Waals surface area contributed by atoms with E-state index in [1.54, 1.807) is 0 Å². The summed E-state index contributed by atoms with van der Waals surface area (Å²) in [4.78, 5) is 38.2. The molecular formula is C82H150NO8P. The summed E-state index contributed by atoms with van der Waals surface area (Å²) in [5.74, 6) is -0.815. The normalized spacial score (nSPS) is 13.5. The second kappa shape index (κ2) is 72.5. The number of nitrogens with zero attached hydrogens (tertiary/aromatic N) is 1. The van der Waals surface area contributed by atoms with Crippen LogP contribution in [0.3, 0.4) is 0 Å². The number of hydrogen-bond donors (Lipinski definition) is 0. The van der Waals surface area contributed by atoms with Crippen LogP contribution < -0.4 is 4.89 Å². The molecule has 2 atom stereocenters. The SMILES string of the molecule is CC/C=C\C/C=C\C/C=C\C/C=C\C/C=C\CCCCCCCCCCCCCCCCCCCCCC(=O)OC(COC(=O)CCCCCCCCCCCCCCCCCCCCCCC/C=C\C/C=C\CCCCCCC)COP(=O)([O-])OCC[N+](C)(C)C. The zero-order valence-electron chi connectivity index (χ0n) is 61.2. The van der Waals surface area contributed by atoms with E-state index in [0.29, 0.717) is 17.4 Å². The summed E-state index contributed by atoms with van der Waals surface area (Å²) >= 11 is 0. The lowest BCUT2D eigenvalue weighted by Gasteiger charge is -2.28. The summed E-state index contributed by atoms with van der Waals surface area (Å²) in [5, 5.41) is 0. The summed E-state index contributed by atoms with van der Waals surface area (Å²) in [6.45, 7) is 4.17. The molecule has 0 amide bonds. The number of rotatable bonds is 73. The van der Waals surface area contributed by atoms with Gasteiger partial charge in [0.2, 0.25) is 0 Å². The quantitative estimate of drug-likeness (QED) is 0.0195. The van der Waals surface area contributed by atoms with Crippen LogP contribution in [0.25, 0.3) is 0 Å². The lowest BCUT2D eigenvalue weighted by atomic mass is 10.0. The average Bonchev–Trinajstić information content (AvgIpc) is 2.14. The maximum absolute atomic E-state index is 12.9. The Labute approximate surface area is 571 Å². The highest BCUT2D eigenvalue weighted by molar-refractivity contribution is 7.45. The first kappa shape index (κ1) is 89.2. The number of ether oxygens (including phenoxy) is 2. The van der Waals surface area contributed by atoms with Gasteiger partial charge in [0.15, 0.2) is 6.10 Å². The van der Waals surface area contributed by atoms with Crippen molar-refractivity contribution in [2.75, 3.05) is 47.5 Å². The van der Waals surface area contributed by atoms with Crippen LogP contribution in [0, 0.1) is 0 Å². The van der Waals surface area contributed by atoms with E-state index >= 15 is 0 Å². The molecule has 0 N–H and O–H groups in total. The van der Waals surface area contributed by atoms with Gasteiger partial charge in [-0.25, -0.2) is 0 Å². The smallest absolute Gasteiger partial charge is 0.306 e. The molecule has 0 bridgehead atoms. The van der Waals surface area contributed by atoms with E-state index in [4.69, 9.17) is 18.5 Å². The van der Waals surface area contributed by atoms with Gasteiger partial charge in [-0.05, 0) is 89.9 Å². The molecule has 0 fully saturated rings. The first-order chi connectivity index (χ1) is 45.0. The minimum atomic E-state index is -4.65. The molecule has 2 unspecified atom stereocenters. The van der Waals surface area contributed by atoms with Crippen molar-refractivity contribution in [3.8, 4) is 0 Å². The van der Waals surface area contributed by atoms with Crippen molar-refractivity contribution in [2.24, 2.45) is 0 Å². The topological polar surface area (TPSA) is 111 Å². The number of likely N-dealkylation sites (N-methyl/N-ethyl adjacent to an activating group) is 1. The van der Waals surface area contributed by atoms with E-state index in [1.165, 1.54) is 263 Å². The lowest BCUT2D eigenvalue weighted by molar-refractivity contribution is -0.870. The van der Waals surface area contributed by atoms with Crippen LogP contribution in [0.4, 0.5) is 0 Å². The molecule has 0 aromatic heterocycles. The third kappa shape index (κ3) is 76.2. The van der Waals surface area contributed by atoms with Gasteiger partial charge in [0, 0.05) is 12.8 Å². The number of phosphoric ester groups is 1. The van der Waals surface area contributed by atoms with Gasteiger partial charge in [0.05, 0.1) is 27.7 Å². The molecule has 9 nitrogen and oxygen atoms in total. The van der Waals surface area contributed by atoms with Gasteiger partial charge in [-0.15, -0.1) is 0 Å². The van der Waals surface area contributed by atoms with Crippen molar-refractivity contribution in [2.45, 2.75) is 380 Å². The molecule has 0 aromatic carbocycles. The number of carbonyl (C=O) groups is 2. The van der Waals surface area contributed by atoms with Crippen molar-refractivity contribution in [1.29, 1.82) is 0 Å². The standard InChI is InChI=1S/C82H150NO8P/c1-6-8-10-12-14-16-18-20-22-24-26-28-30-32-34-36-38-40-41-43-45-47-49-51-53-55-57-59-61-63-65-67-69-71-73-75-82(85)91-80(79-90-92(86,87)89-77-76-83(3,4)5)78-88-81(84)74-72-70-68-66-64-62-60-58-56-54-52-50-48-46-44-42-39-37-35-33-31-29-27-25-23-21-19-17-15-13-11-9-7-2/h8,10,14,16,19-22,25-28,32,34,80H,6-7,9,11-13,15,17-18,23-24,29-31,33,35-79H2,1-5H3/b10-8-,16-14-,21-19-,22-20-,27-25-,28-26-,34-32-. The molecule has 92 heavy (non-hydrogen) atoms. The van der Waals surface area contributed by atoms with E-state index in [-0.39, 0.29) is 32.0 Å². The first-order valence-corrected chi connectivity index (χ1v) is 40.8. The molecule has 0 aliphatic heterocycles. The Morgan fingerprint density at radius 3 is 0.924 bits per heavy atom. The number of phosphoric acid groups is 1. The van der Waals surface area contributed by atoms with Crippen LogP contribution in [-0.4, -0.2) is 70.0 Å². The van der Waals surface area contributed by atoms with E-state index < -0.39 is 26.5 Å². The molecular weight excluding hydrogens is 1160 g/mol. The first-order valence-electron chi connectivity index (χ1n) is 39.3. The Morgan fingerprint density at radius 2 is 0.620 bits per heavy atom. The minimum absolute atomic E-state index is 0.0302. The van der Waals surface area contributed by atoms with Gasteiger partial charge >= 0.3 is 11.9 Å². The number of allylic oxidation sites excluding steroid dienone is 14. The predicted octanol–water partition coefficient (Wildman–Crippen LogP) is 25.4. The highest BCUT2D eigenvalue weighted by Crippen LogP contribution is 2.38. The second-order valence-electron chi connectivity index (χ2n) is 27.7. The Bertz CT molecular complexity index is 1830. The predicted molar refractivity (Wildman–Crippen MR) is 397 cm³/mol. The van der Waals surface area contributed by atoms with Crippen LogP contribution in [-0.2, 0) is 32.7 Å². The number of esters is 2. The van der Waals surface area contributed by atoms with Gasteiger partial charge in [-0.2, -0.15) is 0 Å². The highest BCUT2D eigenvalue weighted by atomic mass is 31.2. The number of quaternary nitrogens is 1. The molecule has 0 heterocycles. The van der Waals surface area contributed by atoms with Crippen LogP contribution in [0.2, 0.25) is 0 Å². The van der Waals surface area contributed by atoms with Crippen LogP contribution in [0.1, 0.15) is 373 Å².